The fraction of sp³-hybridized carbons (Fsp3) is 0.250. The third-order valence-electron chi connectivity index (χ3n) is 1.77. The highest BCUT2D eigenvalue weighted by atomic mass is 15.4. The fourth-order valence-corrected chi connectivity index (χ4v) is 1.20. The molecule has 0 bridgehead atoms. The molecular formula is C8H11N5. The largest absolute Gasteiger partial charge is 0.394 e. The SMILES string of the molecule is Cc1cnn(-c2nn(C)cc2N)c1. The summed E-state index contributed by atoms with van der Waals surface area (Å²) in [6.07, 6.45) is 5.42. The molecule has 0 aliphatic heterocycles. The van der Waals surface area contributed by atoms with Gasteiger partial charge < -0.3 is 5.73 Å². The van der Waals surface area contributed by atoms with Crippen LogP contribution in [0.25, 0.3) is 5.82 Å². The Morgan fingerprint density at radius 1 is 1.38 bits per heavy atom. The van der Waals surface area contributed by atoms with Crippen molar-refractivity contribution in [2.75, 3.05) is 5.73 Å². The summed E-state index contributed by atoms with van der Waals surface area (Å²) in [4.78, 5) is 0. The smallest absolute Gasteiger partial charge is 0.198 e. The van der Waals surface area contributed by atoms with Crippen molar-refractivity contribution in [3.63, 3.8) is 0 Å². The molecule has 5 heteroatoms. The Balaban J connectivity index is 2.51. The van der Waals surface area contributed by atoms with Crippen LogP contribution >= 0.6 is 0 Å². The van der Waals surface area contributed by atoms with Gasteiger partial charge in [0.2, 0.25) is 0 Å². The average molecular weight is 177 g/mol. The van der Waals surface area contributed by atoms with Crippen LogP contribution in [-0.4, -0.2) is 19.6 Å². The van der Waals surface area contributed by atoms with E-state index in [1.165, 1.54) is 0 Å². The molecule has 2 rings (SSSR count). The molecule has 0 aliphatic rings. The second-order valence-electron chi connectivity index (χ2n) is 3.04. The van der Waals surface area contributed by atoms with Gasteiger partial charge in [0, 0.05) is 19.4 Å². The van der Waals surface area contributed by atoms with E-state index in [9.17, 15) is 0 Å². The molecule has 13 heavy (non-hydrogen) atoms. The monoisotopic (exact) mass is 177 g/mol. The predicted octanol–water partition coefficient (Wildman–Crippen LogP) is 0.496. The maximum Gasteiger partial charge on any atom is 0.198 e. The zero-order valence-electron chi connectivity index (χ0n) is 7.60. The van der Waals surface area contributed by atoms with Crippen molar-refractivity contribution in [2.24, 2.45) is 7.05 Å². The summed E-state index contributed by atoms with van der Waals surface area (Å²) in [5, 5.41) is 8.31. The summed E-state index contributed by atoms with van der Waals surface area (Å²) in [5.74, 6) is 0.676. The van der Waals surface area contributed by atoms with Crippen molar-refractivity contribution in [3.8, 4) is 5.82 Å². The summed E-state index contributed by atoms with van der Waals surface area (Å²) in [7, 11) is 1.83. The van der Waals surface area contributed by atoms with Crippen LogP contribution in [0.3, 0.4) is 0 Å². The van der Waals surface area contributed by atoms with Crippen LogP contribution in [0.2, 0.25) is 0 Å². The quantitative estimate of drug-likeness (QED) is 0.689. The molecular weight excluding hydrogens is 166 g/mol. The molecule has 0 saturated heterocycles. The van der Waals surface area contributed by atoms with Crippen molar-refractivity contribution >= 4 is 5.69 Å². The lowest BCUT2D eigenvalue weighted by Crippen LogP contribution is -1.99. The van der Waals surface area contributed by atoms with E-state index in [1.54, 1.807) is 21.8 Å². The molecule has 0 saturated carbocycles. The molecule has 0 amide bonds. The van der Waals surface area contributed by atoms with Crippen molar-refractivity contribution in [1.82, 2.24) is 19.6 Å². The van der Waals surface area contributed by atoms with Crippen LogP contribution in [-0.2, 0) is 7.05 Å². The van der Waals surface area contributed by atoms with E-state index in [1.807, 2.05) is 20.2 Å². The third kappa shape index (κ3) is 1.28. The highest BCUT2D eigenvalue weighted by Crippen LogP contribution is 2.13. The first kappa shape index (κ1) is 7.85. The van der Waals surface area contributed by atoms with Gasteiger partial charge in [-0.15, -0.1) is 0 Å². The van der Waals surface area contributed by atoms with E-state index >= 15 is 0 Å². The van der Waals surface area contributed by atoms with Gasteiger partial charge in [0.25, 0.3) is 0 Å². The van der Waals surface area contributed by atoms with Crippen LogP contribution < -0.4 is 5.73 Å². The lowest BCUT2D eigenvalue weighted by atomic mass is 10.4. The molecule has 0 spiro atoms. The first-order valence-electron chi connectivity index (χ1n) is 3.97. The van der Waals surface area contributed by atoms with Crippen LogP contribution in [0.1, 0.15) is 5.56 Å². The zero-order valence-corrected chi connectivity index (χ0v) is 7.60. The summed E-state index contributed by atoms with van der Waals surface area (Å²) in [6, 6.07) is 0. The van der Waals surface area contributed by atoms with E-state index in [2.05, 4.69) is 10.2 Å². The summed E-state index contributed by atoms with van der Waals surface area (Å²) >= 11 is 0. The minimum Gasteiger partial charge on any atom is -0.394 e. The summed E-state index contributed by atoms with van der Waals surface area (Å²) in [5.41, 5.74) is 7.46. The molecule has 0 radical (unpaired) electrons. The number of anilines is 1. The minimum absolute atomic E-state index is 0.630. The van der Waals surface area contributed by atoms with Crippen LogP contribution in [0, 0.1) is 6.92 Å². The number of nitrogen functional groups attached to an aromatic ring is 1. The average Bonchev–Trinajstić information content (AvgIpc) is 2.58. The predicted molar refractivity (Wildman–Crippen MR) is 49.5 cm³/mol. The number of rotatable bonds is 1. The van der Waals surface area contributed by atoms with E-state index in [-0.39, 0.29) is 0 Å². The molecule has 0 unspecified atom stereocenters. The molecule has 0 atom stereocenters. The second kappa shape index (κ2) is 2.62. The van der Waals surface area contributed by atoms with Gasteiger partial charge in [0.15, 0.2) is 5.82 Å². The fourth-order valence-electron chi connectivity index (χ4n) is 1.20. The molecule has 2 aromatic heterocycles. The highest BCUT2D eigenvalue weighted by molar-refractivity contribution is 5.51. The molecule has 68 valence electrons. The molecule has 0 aromatic carbocycles. The third-order valence-corrected chi connectivity index (χ3v) is 1.77. The number of aryl methyl sites for hydroxylation is 2. The van der Waals surface area contributed by atoms with Gasteiger partial charge in [-0.05, 0) is 12.5 Å². The Labute approximate surface area is 75.8 Å². The Hall–Kier alpha value is -1.78. The van der Waals surface area contributed by atoms with E-state index in [0.29, 0.717) is 11.5 Å². The number of aromatic nitrogens is 4. The number of hydrogen-bond donors (Lipinski definition) is 1. The first-order valence-corrected chi connectivity index (χ1v) is 3.97. The molecule has 2 heterocycles. The van der Waals surface area contributed by atoms with Crippen LogP contribution in [0.5, 0.6) is 0 Å². The number of nitrogens with zero attached hydrogens (tertiary/aromatic N) is 4. The van der Waals surface area contributed by atoms with Crippen molar-refractivity contribution < 1.29 is 0 Å². The van der Waals surface area contributed by atoms with Gasteiger partial charge in [-0.3, -0.25) is 4.68 Å². The normalized spacial score (nSPS) is 10.6. The summed E-state index contributed by atoms with van der Waals surface area (Å²) < 4.78 is 3.34. The van der Waals surface area contributed by atoms with Crippen LogP contribution in [0.4, 0.5) is 5.69 Å². The van der Waals surface area contributed by atoms with Gasteiger partial charge in [0.1, 0.15) is 0 Å². The van der Waals surface area contributed by atoms with Crippen molar-refractivity contribution in [2.45, 2.75) is 6.92 Å². The van der Waals surface area contributed by atoms with Gasteiger partial charge in [-0.1, -0.05) is 0 Å². The number of nitrogens with two attached hydrogens (primary N) is 1. The first-order chi connectivity index (χ1) is 6.16. The molecule has 5 nitrogen and oxygen atoms in total. The lowest BCUT2D eigenvalue weighted by molar-refractivity contribution is 0.731. The van der Waals surface area contributed by atoms with Gasteiger partial charge in [-0.2, -0.15) is 10.2 Å². The Bertz CT molecular complexity index is 425. The molecule has 0 aliphatic carbocycles. The standard InChI is InChI=1S/C8H11N5/c1-6-3-10-13(4-6)8-7(9)5-12(2)11-8/h3-5H,9H2,1-2H3. The van der Waals surface area contributed by atoms with Crippen molar-refractivity contribution in [3.05, 3.63) is 24.2 Å². The van der Waals surface area contributed by atoms with Gasteiger partial charge >= 0.3 is 0 Å². The van der Waals surface area contributed by atoms with Gasteiger partial charge in [0.05, 0.1) is 11.9 Å². The summed E-state index contributed by atoms with van der Waals surface area (Å²) in [6.45, 7) is 1.97. The molecule has 0 fully saturated rings. The Morgan fingerprint density at radius 2 is 2.15 bits per heavy atom. The van der Waals surface area contributed by atoms with E-state index in [4.69, 9.17) is 5.73 Å². The van der Waals surface area contributed by atoms with Crippen molar-refractivity contribution in [1.29, 1.82) is 0 Å². The number of hydrogen-bond acceptors (Lipinski definition) is 3. The lowest BCUT2D eigenvalue weighted by Gasteiger charge is -1.95. The van der Waals surface area contributed by atoms with Crippen LogP contribution in [0.15, 0.2) is 18.6 Å². The zero-order chi connectivity index (χ0) is 9.42. The Kier molecular flexibility index (Phi) is 1.58. The van der Waals surface area contributed by atoms with E-state index in [0.717, 1.165) is 5.56 Å². The maximum atomic E-state index is 5.74. The molecule has 2 N–H and O–H groups in total. The maximum absolute atomic E-state index is 5.74. The van der Waals surface area contributed by atoms with E-state index < -0.39 is 0 Å². The second-order valence-corrected chi connectivity index (χ2v) is 3.04. The van der Waals surface area contributed by atoms with Gasteiger partial charge in [-0.25, -0.2) is 4.68 Å². The topological polar surface area (TPSA) is 61.7 Å². The minimum atomic E-state index is 0.630. The Morgan fingerprint density at radius 3 is 2.62 bits per heavy atom. The molecule has 2 aromatic rings. The highest BCUT2D eigenvalue weighted by Gasteiger charge is 2.06.